The summed E-state index contributed by atoms with van der Waals surface area (Å²) in [5, 5.41) is 20.6. The number of carboxylic acid groups (broad SMARTS) is 1. The van der Waals surface area contributed by atoms with Gasteiger partial charge in [0.05, 0.1) is 16.9 Å². The van der Waals surface area contributed by atoms with E-state index in [9.17, 15) is 59.0 Å². The number of benzene rings is 2. The number of alkyl halides is 7. The number of aliphatic hydroxyl groups is 1. The monoisotopic (exact) mass is 683 g/mol. The number of carbonyl (C=O) groups is 2. The van der Waals surface area contributed by atoms with Crippen LogP contribution in [0.4, 0.5) is 35.1 Å². The quantitative estimate of drug-likeness (QED) is 0.312. The molecule has 252 valence electrons. The first-order valence-corrected chi connectivity index (χ1v) is 15.8. The number of fused-ring (bicyclic) bond motifs is 3. The molecule has 2 atom stereocenters. The standard InChI is InChI=1S/C30H29F8NO6S/c1-16-14-20(4-6-22(16)31)46(44,45)27-12-13-39(25(42)26(43)10-8-17(9-11-26)24(40)41)23(27)7-2-18-15-19(3-5-21(18)27)28(32,29(33,34)35)30(36,37)38/h3-6,14-15,17,23,43H,2,7-13H2,1H3,(H,40,41)/t17-,23?,26+,27?. The molecule has 7 nitrogen and oxygen atoms in total. The Bertz CT molecular complexity index is 1670. The van der Waals surface area contributed by atoms with Crippen molar-refractivity contribution in [1.82, 2.24) is 4.90 Å². The summed E-state index contributed by atoms with van der Waals surface area (Å²) in [6.07, 6.45) is -14.4. The summed E-state index contributed by atoms with van der Waals surface area (Å²) in [6, 6.07) is 2.87. The molecule has 2 unspecified atom stereocenters. The first-order chi connectivity index (χ1) is 21.1. The van der Waals surface area contributed by atoms with Crippen molar-refractivity contribution in [2.45, 2.75) is 91.2 Å². The summed E-state index contributed by atoms with van der Waals surface area (Å²) in [7, 11) is -4.71. The minimum atomic E-state index is -6.41. The molecule has 16 heteroatoms. The highest BCUT2D eigenvalue weighted by molar-refractivity contribution is 7.92. The van der Waals surface area contributed by atoms with Crippen LogP contribution in [0.3, 0.4) is 0 Å². The van der Waals surface area contributed by atoms with Gasteiger partial charge in [-0.1, -0.05) is 18.2 Å². The van der Waals surface area contributed by atoms with Crippen molar-refractivity contribution in [2.75, 3.05) is 6.54 Å². The number of nitrogens with zero attached hydrogens (tertiary/aromatic N) is 1. The van der Waals surface area contributed by atoms with Crippen LogP contribution in [0.5, 0.6) is 0 Å². The van der Waals surface area contributed by atoms with E-state index in [1.165, 1.54) is 6.92 Å². The first kappa shape index (κ1) is 34.1. The van der Waals surface area contributed by atoms with Gasteiger partial charge in [0.25, 0.3) is 5.91 Å². The van der Waals surface area contributed by atoms with Crippen molar-refractivity contribution < 1.29 is 63.3 Å². The Balaban J connectivity index is 1.66. The molecule has 2 aromatic rings. The molecule has 2 fully saturated rings. The summed E-state index contributed by atoms with van der Waals surface area (Å²) in [4.78, 5) is 26.0. The van der Waals surface area contributed by atoms with Gasteiger partial charge in [-0.2, -0.15) is 26.3 Å². The molecule has 2 N–H and O–H groups in total. The minimum absolute atomic E-state index is 0.0383. The Labute approximate surface area is 258 Å². The predicted molar refractivity (Wildman–Crippen MR) is 144 cm³/mol. The molecule has 5 rings (SSSR count). The molecule has 0 spiro atoms. The number of carbonyl (C=O) groups excluding carboxylic acids is 1. The molecule has 2 aromatic carbocycles. The van der Waals surface area contributed by atoms with E-state index in [1.807, 2.05) is 0 Å². The van der Waals surface area contributed by atoms with Gasteiger partial charge in [-0.3, -0.25) is 9.59 Å². The number of sulfone groups is 1. The van der Waals surface area contributed by atoms with Gasteiger partial charge in [-0.05, 0) is 86.8 Å². The number of rotatable bonds is 5. The highest BCUT2D eigenvalue weighted by atomic mass is 32.2. The minimum Gasteiger partial charge on any atom is -0.481 e. The fraction of sp³-hybridized carbons (Fsp3) is 0.533. The van der Waals surface area contributed by atoms with Crippen molar-refractivity contribution in [3.63, 3.8) is 0 Å². The average Bonchev–Trinajstić information content (AvgIpc) is 3.38. The van der Waals surface area contributed by atoms with Crippen LogP contribution in [-0.2, 0) is 36.3 Å². The van der Waals surface area contributed by atoms with Gasteiger partial charge < -0.3 is 15.1 Å². The Kier molecular flexibility index (Phi) is 8.07. The van der Waals surface area contributed by atoms with E-state index in [4.69, 9.17) is 0 Å². The number of amides is 1. The van der Waals surface area contributed by atoms with Crippen molar-refractivity contribution in [3.05, 3.63) is 64.5 Å². The zero-order valence-electron chi connectivity index (χ0n) is 24.2. The topological polar surface area (TPSA) is 112 Å². The van der Waals surface area contributed by atoms with Crippen LogP contribution in [0, 0.1) is 18.7 Å². The van der Waals surface area contributed by atoms with Crippen LogP contribution in [0.15, 0.2) is 41.3 Å². The summed E-state index contributed by atoms with van der Waals surface area (Å²) in [6.45, 7) is 0.986. The van der Waals surface area contributed by atoms with Crippen LogP contribution in [-0.4, -0.2) is 65.9 Å². The second kappa shape index (κ2) is 10.9. The molecule has 46 heavy (non-hydrogen) atoms. The summed E-state index contributed by atoms with van der Waals surface area (Å²) in [5.74, 6) is -3.54. The van der Waals surface area contributed by atoms with Crippen molar-refractivity contribution in [1.29, 1.82) is 0 Å². The molecule has 1 aliphatic heterocycles. The number of hydrogen-bond acceptors (Lipinski definition) is 5. The molecule has 0 radical (unpaired) electrons. The summed E-state index contributed by atoms with van der Waals surface area (Å²) >= 11 is 0. The van der Waals surface area contributed by atoms with Crippen molar-refractivity contribution >= 4 is 21.7 Å². The predicted octanol–water partition coefficient (Wildman–Crippen LogP) is 5.65. The normalized spacial score (nSPS) is 27.2. The number of aliphatic carboxylic acids is 1. The second-order valence-electron chi connectivity index (χ2n) is 12.3. The lowest BCUT2D eigenvalue weighted by molar-refractivity contribution is -0.348. The molecule has 0 aromatic heterocycles. The Morgan fingerprint density at radius 1 is 0.913 bits per heavy atom. The summed E-state index contributed by atoms with van der Waals surface area (Å²) < 4.78 is 138. The third-order valence-corrected chi connectivity index (χ3v) is 12.3. The zero-order chi connectivity index (χ0) is 34.3. The van der Waals surface area contributed by atoms with E-state index in [1.54, 1.807) is 0 Å². The van der Waals surface area contributed by atoms with E-state index in [-0.39, 0.29) is 67.8 Å². The highest BCUT2D eigenvalue weighted by Crippen LogP contribution is 2.57. The fourth-order valence-electron chi connectivity index (χ4n) is 7.29. The maximum Gasteiger partial charge on any atom is 0.435 e. The number of likely N-dealkylation sites (tertiary alicyclic amines) is 1. The van der Waals surface area contributed by atoms with Crippen molar-refractivity contribution in [3.8, 4) is 0 Å². The Morgan fingerprint density at radius 3 is 2.07 bits per heavy atom. The third-order valence-electron chi connectivity index (χ3n) is 9.81. The third kappa shape index (κ3) is 4.88. The zero-order valence-corrected chi connectivity index (χ0v) is 25.0. The van der Waals surface area contributed by atoms with E-state index >= 15 is 4.39 Å². The Morgan fingerprint density at radius 2 is 1.52 bits per heavy atom. The molecule has 1 saturated carbocycles. The van der Waals surface area contributed by atoms with Crippen molar-refractivity contribution in [2.24, 2.45) is 5.92 Å². The van der Waals surface area contributed by atoms with Gasteiger partial charge in [-0.25, -0.2) is 17.2 Å². The molecule has 2 aliphatic carbocycles. The lowest BCUT2D eigenvalue weighted by Gasteiger charge is -2.45. The molecule has 0 bridgehead atoms. The maximum atomic E-state index is 15.0. The highest BCUT2D eigenvalue weighted by Gasteiger charge is 2.74. The van der Waals surface area contributed by atoms with Crippen LogP contribution in [0.2, 0.25) is 0 Å². The van der Waals surface area contributed by atoms with Crippen LogP contribution in [0.1, 0.15) is 60.8 Å². The fourth-order valence-corrected chi connectivity index (χ4v) is 9.74. The van der Waals surface area contributed by atoms with Gasteiger partial charge in [0.15, 0.2) is 9.84 Å². The number of halogens is 8. The van der Waals surface area contributed by atoms with E-state index in [0.29, 0.717) is 12.1 Å². The van der Waals surface area contributed by atoms with Crippen LogP contribution < -0.4 is 0 Å². The molecular weight excluding hydrogens is 654 g/mol. The van der Waals surface area contributed by atoms with E-state index in [2.05, 4.69) is 0 Å². The summed E-state index contributed by atoms with van der Waals surface area (Å²) in [5.41, 5.74) is -10.2. The smallest absolute Gasteiger partial charge is 0.435 e. The molecule has 3 aliphatic rings. The molecule has 1 heterocycles. The number of carboxylic acids is 1. The van der Waals surface area contributed by atoms with Gasteiger partial charge in [-0.15, -0.1) is 0 Å². The lowest BCUT2D eigenvalue weighted by Crippen LogP contribution is -2.57. The number of aryl methyl sites for hydroxylation is 2. The largest absolute Gasteiger partial charge is 0.481 e. The van der Waals surface area contributed by atoms with Gasteiger partial charge in [0, 0.05) is 12.1 Å². The molecule has 1 saturated heterocycles. The number of hydrogen-bond donors (Lipinski definition) is 2. The maximum absolute atomic E-state index is 15.0. The first-order valence-electron chi connectivity index (χ1n) is 14.3. The molecular formula is C30H29F8NO6S. The second-order valence-corrected chi connectivity index (χ2v) is 14.5. The average molecular weight is 684 g/mol. The van der Waals surface area contributed by atoms with Crippen LogP contribution >= 0.6 is 0 Å². The van der Waals surface area contributed by atoms with Crippen LogP contribution in [0.25, 0.3) is 0 Å². The van der Waals surface area contributed by atoms with Gasteiger partial charge >= 0.3 is 24.0 Å². The van der Waals surface area contributed by atoms with Gasteiger partial charge in [0.2, 0.25) is 0 Å². The molecule has 1 amide bonds. The van der Waals surface area contributed by atoms with Gasteiger partial charge in [0.1, 0.15) is 16.2 Å². The Hall–Kier alpha value is -3.27. The lowest BCUT2D eigenvalue weighted by atomic mass is 9.75. The van der Waals surface area contributed by atoms with E-state index < -0.39 is 84.7 Å². The SMILES string of the molecule is Cc1cc(S(=O)(=O)C23CCN(C(=O)[C@]4(O)CC[C@@H](C(=O)O)CC4)C2CCc2cc(C(F)(C(F)(F)F)C(F)(F)F)ccc23)ccc1F. The van der Waals surface area contributed by atoms with E-state index in [0.717, 1.165) is 23.1 Å².